The van der Waals surface area contributed by atoms with Crippen molar-refractivity contribution in [1.82, 2.24) is 4.90 Å². The molecular weight excluding hydrogens is 194 g/mol. The van der Waals surface area contributed by atoms with Crippen LogP contribution in [0.1, 0.15) is 32.1 Å². The van der Waals surface area contributed by atoms with Gasteiger partial charge in [-0.15, -0.1) is 0 Å². The first-order chi connectivity index (χ1) is 7.27. The van der Waals surface area contributed by atoms with E-state index in [4.69, 9.17) is 0 Å². The number of methoxy groups -OCH3 is 1. The number of likely N-dealkylation sites (tertiary alicyclic amines) is 1. The Morgan fingerprint density at radius 2 is 2.27 bits per heavy atom. The maximum Gasteiger partial charge on any atom is 0.306 e. The molecule has 4 heteroatoms. The van der Waals surface area contributed by atoms with Gasteiger partial charge in [-0.25, -0.2) is 0 Å². The smallest absolute Gasteiger partial charge is 0.306 e. The molecule has 15 heavy (non-hydrogen) atoms. The number of hydrogen-bond acceptors (Lipinski definition) is 4. The summed E-state index contributed by atoms with van der Waals surface area (Å²) in [6.45, 7) is 1.89. The molecule has 1 unspecified atom stereocenters. The summed E-state index contributed by atoms with van der Waals surface area (Å²) in [5.74, 6) is -0.170. The largest absolute Gasteiger partial charge is 0.469 e. The fraction of sp³-hybridized carbons (Fsp3) is 0.909. The predicted octanol–water partition coefficient (Wildman–Crippen LogP) is 0.786. The summed E-state index contributed by atoms with van der Waals surface area (Å²) in [4.78, 5) is 13.2. The van der Waals surface area contributed by atoms with E-state index in [1.54, 1.807) is 0 Å². The Balaban J connectivity index is 2.37. The van der Waals surface area contributed by atoms with Crippen LogP contribution in [0.15, 0.2) is 0 Å². The van der Waals surface area contributed by atoms with E-state index < -0.39 is 0 Å². The number of rotatable bonds is 4. The van der Waals surface area contributed by atoms with Gasteiger partial charge >= 0.3 is 5.97 Å². The van der Waals surface area contributed by atoms with Gasteiger partial charge in [-0.05, 0) is 19.4 Å². The fourth-order valence-corrected chi connectivity index (χ4v) is 2.07. The topological polar surface area (TPSA) is 49.8 Å². The van der Waals surface area contributed by atoms with Crippen molar-refractivity contribution in [2.24, 2.45) is 0 Å². The second-order valence-corrected chi connectivity index (χ2v) is 4.05. The summed E-state index contributed by atoms with van der Waals surface area (Å²) in [5, 5.41) is 9.25. The molecule has 0 saturated carbocycles. The third-order valence-electron chi connectivity index (χ3n) is 3.04. The molecule has 1 saturated heterocycles. The summed E-state index contributed by atoms with van der Waals surface area (Å²) in [6, 6.07) is 0.233. The summed E-state index contributed by atoms with van der Waals surface area (Å²) in [6.07, 6.45) is 5.04. The molecule has 0 bridgehead atoms. The van der Waals surface area contributed by atoms with Gasteiger partial charge in [0.05, 0.1) is 20.1 Å². The van der Waals surface area contributed by atoms with Gasteiger partial charge in [0.15, 0.2) is 0 Å². The van der Waals surface area contributed by atoms with E-state index in [-0.39, 0.29) is 18.6 Å². The van der Waals surface area contributed by atoms with Gasteiger partial charge in [-0.3, -0.25) is 9.69 Å². The SMILES string of the molecule is COC(=O)CCN1CCCCCC1CO. The summed E-state index contributed by atoms with van der Waals surface area (Å²) in [5.41, 5.74) is 0. The van der Waals surface area contributed by atoms with Crippen LogP contribution >= 0.6 is 0 Å². The van der Waals surface area contributed by atoms with Crippen LogP contribution in [0.3, 0.4) is 0 Å². The van der Waals surface area contributed by atoms with E-state index in [0.717, 1.165) is 19.4 Å². The summed E-state index contributed by atoms with van der Waals surface area (Å²) < 4.78 is 4.61. The van der Waals surface area contributed by atoms with Crippen LogP contribution in [0.25, 0.3) is 0 Å². The normalized spacial score (nSPS) is 23.5. The van der Waals surface area contributed by atoms with Crippen LogP contribution in [-0.2, 0) is 9.53 Å². The zero-order valence-electron chi connectivity index (χ0n) is 9.45. The van der Waals surface area contributed by atoms with Crippen LogP contribution in [0.5, 0.6) is 0 Å². The lowest BCUT2D eigenvalue weighted by Gasteiger charge is -2.27. The Hall–Kier alpha value is -0.610. The van der Waals surface area contributed by atoms with Gasteiger partial charge in [0, 0.05) is 12.6 Å². The molecule has 1 aliphatic heterocycles. The molecule has 0 aromatic heterocycles. The van der Waals surface area contributed by atoms with Crippen molar-refractivity contribution in [3.63, 3.8) is 0 Å². The lowest BCUT2D eigenvalue weighted by atomic mass is 10.1. The molecule has 1 aliphatic rings. The number of carbonyl (C=O) groups excluding carboxylic acids is 1. The first-order valence-corrected chi connectivity index (χ1v) is 5.69. The Morgan fingerprint density at radius 3 is 2.93 bits per heavy atom. The molecule has 1 rings (SSSR count). The standard InChI is InChI=1S/C11H21NO3/c1-15-11(14)6-8-12-7-4-2-3-5-10(12)9-13/h10,13H,2-9H2,1H3. The molecule has 0 aromatic rings. The maximum absolute atomic E-state index is 11.0. The molecule has 0 aromatic carbocycles. The van der Waals surface area contributed by atoms with Crippen molar-refractivity contribution in [2.45, 2.75) is 38.1 Å². The summed E-state index contributed by atoms with van der Waals surface area (Å²) >= 11 is 0. The van der Waals surface area contributed by atoms with Gasteiger partial charge in [0.1, 0.15) is 0 Å². The predicted molar refractivity (Wildman–Crippen MR) is 57.5 cm³/mol. The van der Waals surface area contributed by atoms with Crippen LogP contribution in [-0.4, -0.2) is 48.8 Å². The van der Waals surface area contributed by atoms with Crippen molar-refractivity contribution < 1.29 is 14.6 Å². The third-order valence-corrected chi connectivity index (χ3v) is 3.04. The molecule has 4 nitrogen and oxygen atoms in total. The fourth-order valence-electron chi connectivity index (χ4n) is 2.07. The first kappa shape index (κ1) is 12.5. The molecular formula is C11H21NO3. The molecule has 1 atom stereocenters. The van der Waals surface area contributed by atoms with E-state index in [1.165, 1.54) is 20.0 Å². The Kier molecular flexibility index (Phi) is 5.65. The van der Waals surface area contributed by atoms with Gasteiger partial charge < -0.3 is 9.84 Å². The van der Waals surface area contributed by atoms with Crippen molar-refractivity contribution >= 4 is 5.97 Å². The quantitative estimate of drug-likeness (QED) is 0.704. The Morgan fingerprint density at radius 1 is 1.47 bits per heavy atom. The molecule has 1 heterocycles. The van der Waals surface area contributed by atoms with Crippen molar-refractivity contribution in [3.8, 4) is 0 Å². The Bertz CT molecular complexity index is 196. The minimum absolute atomic E-state index is 0.170. The minimum atomic E-state index is -0.170. The van der Waals surface area contributed by atoms with E-state index >= 15 is 0 Å². The van der Waals surface area contributed by atoms with Crippen LogP contribution in [0.2, 0.25) is 0 Å². The zero-order chi connectivity index (χ0) is 11.1. The van der Waals surface area contributed by atoms with Crippen molar-refractivity contribution in [1.29, 1.82) is 0 Å². The number of carbonyl (C=O) groups is 1. The zero-order valence-corrected chi connectivity index (χ0v) is 9.45. The second-order valence-electron chi connectivity index (χ2n) is 4.05. The monoisotopic (exact) mass is 215 g/mol. The van der Waals surface area contributed by atoms with Crippen LogP contribution in [0, 0.1) is 0 Å². The molecule has 1 fully saturated rings. The average molecular weight is 215 g/mol. The van der Waals surface area contributed by atoms with Gasteiger partial charge in [-0.2, -0.15) is 0 Å². The lowest BCUT2D eigenvalue weighted by Crippen LogP contribution is -2.38. The molecule has 0 amide bonds. The van der Waals surface area contributed by atoms with E-state index in [9.17, 15) is 9.90 Å². The molecule has 0 spiro atoms. The molecule has 1 N–H and O–H groups in total. The highest BCUT2D eigenvalue weighted by Crippen LogP contribution is 2.16. The van der Waals surface area contributed by atoms with Gasteiger partial charge in [0.25, 0.3) is 0 Å². The highest BCUT2D eigenvalue weighted by atomic mass is 16.5. The van der Waals surface area contributed by atoms with Crippen LogP contribution in [0.4, 0.5) is 0 Å². The van der Waals surface area contributed by atoms with Crippen molar-refractivity contribution in [2.75, 3.05) is 26.8 Å². The highest BCUT2D eigenvalue weighted by Gasteiger charge is 2.20. The number of nitrogens with zero attached hydrogens (tertiary/aromatic N) is 1. The Labute approximate surface area is 91.2 Å². The number of aliphatic hydroxyl groups is 1. The van der Waals surface area contributed by atoms with E-state index in [2.05, 4.69) is 9.64 Å². The maximum atomic E-state index is 11.0. The van der Waals surface area contributed by atoms with E-state index in [1.807, 2.05) is 0 Å². The highest BCUT2D eigenvalue weighted by molar-refractivity contribution is 5.69. The number of aliphatic hydroxyl groups excluding tert-OH is 1. The number of ether oxygens (including phenoxy) is 1. The minimum Gasteiger partial charge on any atom is -0.469 e. The molecule has 88 valence electrons. The van der Waals surface area contributed by atoms with Crippen molar-refractivity contribution in [3.05, 3.63) is 0 Å². The number of esters is 1. The van der Waals surface area contributed by atoms with E-state index in [0.29, 0.717) is 13.0 Å². The first-order valence-electron chi connectivity index (χ1n) is 5.69. The molecule has 0 radical (unpaired) electrons. The lowest BCUT2D eigenvalue weighted by molar-refractivity contribution is -0.141. The summed E-state index contributed by atoms with van der Waals surface area (Å²) in [7, 11) is 1.41. The molecule has 0 aliphatic carbocycles. The third kappa shape index (κ3) is 4.18. The van der Waals surface area contributed by atoms with Gasteiger partial charge in [0.2, 0.25) is 0 Å². The van der Waals surface area contributed by atoms with Gasteiger partial charge in [-0.1, -0.05) is 12.8 Å². The number of hydrogen-bond donors (Lipinski definition) is 1. The second kappa shape index (κ2) is 6.80. The van der Waals surface area contributed by atoms with Crippen LogP contribution < -0.4 is 0 Å². The average Bonchev–Trinajstić information content (AvgIpc) is 2.50.